The quantitative estimate of drug-likeness (QED) is 0.447. The molecule has 0 spiro atoms. The first-order valence-corrected chi connectivity index (χ1v) is 7.69. The van der Waals surface area contributed by atoms with E-state index in [1.54, 1.807) is 12.4 Å². The molecule has 0 aliphatic carbocycles. The van der Waals surface area contributed by atoms with E-state index in [1.807, 2.05) is 34.9 Å². The van der Waals surface area contributed by atoms with Gasteiger partial charge < -0.3 is 4.74 Å². The van der Waals surface area contributed by atoms with E-state index in [4.69, 9.17) is 4.74 Å². The molecule has 1 aromatic heterocycles. The number of Topliss-reactive ketones (excluding diaryl/α,β-unsaturated/α-hetero) is 1. The lowest BCUT2D eigenvalue weighted by atomic mass is 10.2. The molecule has 0 aliphatic heterocycles. The number of aromatic nitrogens is 2. The van der Waals surface area contributed by atoms with Crippen LogP contribution in [0.25, 0.3) is 0 Å². The molecule has 5 heteroatoms. The van der Waals surface area contributed by atoms with Gasteiger partial charge in [0.2, 0.25) is 0 Å². The van der Waals surface area contributed by atoms with Crippen LogP contribution in [0, 0.1) is 0 Å². The Morgan fingerprint density at radius 2 is 1.91 bits per heavy atom. The molecular formula is C18H21N2O3+. The Kier molecular flexibility index (Phi) is 5.97. The smallest absolute Gasteiger partial charge is 0.312 e. The average molecular weight is 313 g/mol. The molecule has 2 rings (SSSR count). The number of ketones is 1. The van der Waals surface area contributed by atoms with E-state index >= 15 is 0 Å². The third kappa shape index (κ3) is 5.29. The highest BCUT2D eigenvalue weighted by Crippen LogP contribution is 2.04. The molecule has 1 heterocycles. The van der Waals surface area contributed by atoms with Crippen molar-refractivity contribution >= 4 is 11.8 Å². The van der Waals surface area contributed by atoms with Crippen LogP contribution in [-0.4, -0.2) is 16.7 Å². The number of esters is 1. The number of hydrogen-bond acceptors (Lipinski definition) is 4. The minimum atomic E-state index is -0.356. The van der Waals surface area contributed by atoms with E-state index in [2.05, 4.69) is 11.9 Å². The lowest BCUT2D eigenvalue weighted by molar-refractivity contribution is -0.697. The highest BCUT2D eigenvalue weighted by molar-refractivity contribution is 5.91. The predicted molar refractivity (Wildman–Crippen MR) is 84.7 cm³/mol. The first kappa shape index (κ1) is 16.8. The second-order valence-corrected chi connectivity index (χ2v) is 5.36. The largest absolute Gasteiger partial charge is 0.461 e. The molecule has 0 unspecified atom stereocenters. The summed E-state index contributed by atoms with van der Waals surface area (Å²) in [6.45, 7) is 4.53. The molecule has 0 aliphatic rings. The van der Waals surface area contributed by atoms with Crippen molar-refractivity contribution in [2.24, 2.45) is 0 Å². The van der Waals surface area contributed by atoms with Crippen LogP contribution >= 0.6 is 0 Å². The Labute approximate surface area is 135 Å². The summed E-state index contributed by atoms with van der Waals surface area (Å²) in [5.41, 5.74) is 1.85. The van der Waals surface area contributed by atoms with Crippen LogP contribution in [0.2, 0.25) is 0 Å². The van der Waals surface area contributed by atoms with E-state index in [0.717, 1.165) is 18.5 Å². The summed E-state index contributed by atoms with van der Waals surface area (Å²) in [5, 5.41) is 0. The van der Waals surface area contributed by atoms with Gasteiger partial charge in [0.25, 0.3) is 0 Å². The lowest BCUT2D eigenvalue weighted by Crippen LogP contribution is -2.35. The highest BCUT2D eigenvalue weighted by Gasteiger charge is 2.15. The summed E-state index contributed by atoms with van der Waals surface area (Å²) in [6.07, 6.45) is 4.49. The summed E-state index contributed by atoms with van der Waals surface area (Å²) in [6, 6.07) is 9.51. The van der Waals surface area contributed by atoms with Gasteiger partial charge in [-0.15, -0.1) is 0 Å². The molecule has 0 fully saturated rings. The second kappa shape index (κ2) is 8.17. The van der Waals surface area contributed by atoms with Gasteiger partial charge in [-0.3, -0.25) is 9.59 Å². The summed E-state index contributed by atoms with van der Waals surface area (Å²) in [5.74, 6) is -0.473. The zero-order valence-electron chi connectivity index (χ0n) is 13.5. The van der Waals surface area contributed by atoms with Gasteiger partial charge in [-0.05, 0) is 5.56 Å². The maximum Gasteiger partial charge on any atom is 0.312 e. The maximum absolute atomic E-state index is 12.0. The fourth-order valence-electron chi connectivity index (χ4n) is 2.18. The number of hydrogen-bond donors (Lipinski definition) is 0. The van der Waals surface area contributed by atoms with Crippen LogP contribution in [0.5, 0.6) is 0 Å². The van der Waals surface area contributed by atoms with Crippen LogP contribution in [-0.2, 0) is 29.1 Å². The molecular weight excluding hydrogens is 292 g/mol. The number of benzene rings is 1. The van der Waals surface area contributed by atoms with Gasteiger partial charge in [0, 0.05) is 13.3 Å². The number of nitrogens with zero attached hydrogens (tertiary/aromatic N) is 2. The summed E-state index contributed by atoms with van der Waals surface area (Å²) < 4.78 is 7.15. The average Bonchev–Trinajstić information content (AvgIpc) is 2.54. The van der Waals surface area contributed by atoms with Gasteiger partial charge >= 0.3 is 5.97 Å². The van der Waals surface area contributed by atoms with Crippen molar-refractivity contribution in [2.75, 3.05) is 0 Å². The first-order valence-electron chi connectivity index (χ1n) is 7.69. The molecule has 2 aromatic rings. The fourth-order valence-corrected chi connectivity index (χ4v) is 2.18. The van der Waals surface area contributed by atoms with Crippen molar-refractivity contribution in [3.8, 4) is 0 Å². The molecule has 0 bridgehead atoms. The zero-order chi connectivity index (χ0) is 16.7. The Morgan fingerprint density at radius 1 is 1.17 bits per heavy atom. The second-order valence-electron chi connectivity index (χ2n) is 5.36. The normalized spacial score (nSPS) is 10.3. The first-order chi connectivity index (χ1) is 11.1. The SMILES string of the molecule is CCC[n+]1cc(CC(=O)OCc2ccccc2)nc(C(C)=O)c1. The van der Waals surface area contributed by atoms with E-state index < -0.39 is 0 Å². The van der Waals surface area contributed by atoms with E-state index in [0.29, 0.717) is 11.4 Å². The Bertz CT molecular complexity index is 684. The Hall–Kier alpha value is -2.56. The lowest BCUT2D eigenvalue weighted by Gasteiger charge is -2.05. The van der Waals surface area contributed by atoms with Crippen LogP contribution in [0.15, 0.2) is 42.7 Å². The number of rotatable bonds is 7. The molecule has 0 N–H and O–H groups in total. The van der Waals surface area contributed by atoms with Crippen molar-refractivity contribution in [3.63, 3.8) is 0 Å². The van der Waals surface area contributed by atoms with E-state index in [1.165, 1.54) is 6.92 Å². The predicted octanol–water partition coefficient (Wildman–Crippen LogP) is 2.27. The summed E-state index contributed by atoms with van der Waals surface area (Å²) in [4.78, 5) is 27.8. The van der Waals surface area contributed by atoms with Crippen molar-refractivity contribution in [1.82, 2.24) is 4.98 Å². The molecule has 5 nitrogen and oxygen atoms in total. The summed E-state index contributed by atoms with van der Waals surface area (Å²) >= 11 is 0. The number of carbonyl (C=O) groups excluding carboxylic acids is 2. The van der Waals surface area contributed by atoms with Gasteiger partial charge in [0.1, 0.15) is 18.8 Å². The van der Waals surface area contributed by atoms with Crippen molar-refractivity contribution < 1.29 is 18.9 Å². The number of ether oxygens (including phenoxy) is 1. The van der Waals surface area contributed by atoms with Crippen LogP contribution in [0.3, 0.4) is 0 Å². The highest BCUT2D eigenvalue weighted by atomic mass is 16.5. The van der Waals surface area contributed by atoms with Gasteiger partial charge in [-0.1, -0.05) is 37.3 Å². The minimum Gasteiger partial charge on any atom is -0.461 e. The standard InChI is InChI=1S/C18H21N2O3/c1-3-9-20-11-16(19-17(12-20)14(2)21)10-18(22)23-13-15-7-5-4-6-8-15/h4-8,11-12H,3,9-10,13H2,1-2H3/q+1. The monoisotopic (exact) mass is 313 g/mol. The van der Waals surface area contributed by atoms with Gasteiger partial charge in [-0.2, -0.15) is 0 Å². The van der Waals surface area contributed by atoms with E-state index in [-0.39, 0.29) is 24.8 Å². The van der Waals surface area contributed by atoms with Crippen LogP contribution in [0.4, 0.5) is 0 Å². The molecule has 0 amide bonds. The minimum absolute atomic E-state index is 0.0532. The number of carbonyl (C=O) groups is 2. The molecule has 0 atom stereocenters. The van der Waals surface area contributed by atoms with Gasteiger partial charge in [0.05, 0.1) is 6.42 Å². The van der Waals surface area contributed by atoms with Crippen molar-refractivity contribution in [3.05, 3.63) is 59.7 Å². The van der Waals surface area contributed by atoms with Crippen molar-refractivity contribution in [2.45, 2.75) is 39.8 Å². The molecule has 1 aromatic carbocycles. The van der Waals surface area contributed by atoms with Crippen LogP contribution in [0.1, 0.15) is 42.0 Å². The Morgan fingerprint density at radius 3 is 2.57 bits per heavy atom. The molecule has 0 saturated carbocycles. The molecule has 120 valence electrons. The van der Waals surface area contributed by atoms with Crippen LogP contribution < -0.4 is 4.57 Å². The maximum atomic E-state index is 12.0. The third-order valence-electron chi connectivity index (χ3n) is 3.28. The fraction of sp³-hybridized carbons (Fsp3) is 0.333. The molecule has 0 radical (unpaired) electrons. The van der Waals surface area contributed by atoms with Gasteiger partial charge in [0.15, 0.2) is 23.9 Å². The Balaban J connectivity index is 2.03. The summed E-state index contributed by atoms with van der Waals surface area (Å²) in [7, 11) is 0. The topological polar surface area (TPSA) is 60.1 Å². The zero-order valence-corrected chi connectivity index (χ0v) is 13.5. The third-order valence-corrected chi connectivity index (χ3v) is 3.28. The van der Waals surface area contributed by atoms with Crippen molar-refractivity contribution in [1.29, 1.82) is 0 Å². The van der Waals surface area contributed by atoms with E-state index in [9.17, 15) is 9.59 Å². The van der Waals surface area contributed by atoms with Gasteiger partial charge in [-0.25, -0.2) is 9.55 Å². The number of aryl methyl sites for hydroxylation is 1. The molecule has 0 saturated heterocycles. The molecule has 23 heavy (non-hydrogen) atoms.